The summed E-state index contributed by atoms with van der Waals surface area (Å²) >= 11 is 6.00. The zero-order valence-corrected chi connectivity index (χ0v) is 18.8. The molecule has 172 valence electrons. The topological polar surface area (TPSA) is 90.0 Å². The molecule has 6 rings (SSSR count). The molecule has 3 aliphatic rings. The highest BCUT2D eigenvalue weighted by atomic mass is 35.5. The summed E-state index contributed by atoms with van der Waals surface area (Å²) in [5, 5.41) is 3.01. The molecule has 0 saturated heterocycles. The number of carbonyl (C=O) groups is 2. The van der Waals surface area contributed by atoms with E-state index in [1.54, 1.807) is 23.1 Å². The summed E-state index contributed by atoms with van der Waals surface area (Å²) in [5.41, 5.74) is 1.94. The van der Waals surface area contributed by atoms with Crippen LogP contribution in [0.25, 0.3) is 0 Å². The van der Waals surface area contributed by atoms with Gasteiger partial charge >= 0.3 is 0 Å². The predicted octanol–water partition coefficient (Wildman–Crippen LogP) is 3.31. The van der Waals surface area contributed by atoms with E-state index in [1.165, 1.54) is 6.20 Å². The minimum Gasteiger partial charge on any atom is -0.491 e. The number of halogens is 1. The van der Waals surface area contributed by atoms with Crippen molar-refractivity contribution < 1.29 is 23.8 Å². The van der Waals surface area contributed by atoms with Crippen molar-refractivity contribution in [1.29, 1.82) is 0 Å². The number of hydrogen-bond acceptors (Lipinski definition) is 6. The van der Waals surface area contributed by atoms with E-state index in [2.05, 4.69) is 10.3 Å². The SMILES string of the molecule is O=C(NCCCN1C(=O)C2(COc3cc4c(cc32)OCO4)c2ccccc21)c1cccnc1Cl. The van der Waals surface area contributed by atoms with Crippen molar-refractivity contribution in [1.82, 2.24) is 10.3 Å². The van der Waals surface area contributed by atoms with Crippen molar-refractivity contribution in [2.75, 3.05) is 31.4 Å². The molecule has 0 fully saturated rings. The van der Waals surface area contributed by atoms with Gasteiger partial charge in [-0.25, -0.2) is 4.98 Å². The van der Waals surface area contributed by atoms with E-state index in [4.69, 9.17) is 25.8 Å². The number of rotatable bonds is 5. The van der Waals surface area contributed by atoms with Gasteiger partial charge in [0.25, 0.3) is 5.91 Å². The van der Waals surface area contributed by atoms with Crippen LogP contribution in [0, 0.1) is 0 Å². The number of fused-ring (bicyclic) bond motifs is 5. The third kappa shape index (κ3) is 3.02. The highest BCUT2D eigenvalue weighted by molar-refractivity contribution is 6.32. The van der Waals surface area contributed by atoms with E-state index >= 15 is 0 Å². The average Bonchev–Trinajstić information content (AvgIpc) is 3.52. The van der Waals surface area contributed by atoms with Crippen LogP contribution in [0.4, 0.5) is 5.69 Å². The number of ether oxygens (including phenoxy) is 3. The molecule has 1 N–H and O–H groups in total. The lowest BCUT2D eigenvalue weighted by atomic mass is 9.77. The van der Waals surface area contributed by atoms with Crippen LogP contribution in [-0.4, -0.2) is 43.3 Å². The second-order valence-corrected chi connectivity index (χ2v) is 8.68. The van der Waals surface area contributed by atoms with Crippen LogP contribution in [0.15, 0.2) is 54.7 Å². The normalized spacial score (nSPS) is 19.2. The Labute approximate surface area is 200 Å². The molecule has 4 heterocycles. The first-order valence-electron chi connectivity index (χ1n) is 11.0. The third-order valence-electron chi connectivity index (χ3n) is 6.49. The fourth-order valence-electron chi connectivity index (χ4n) is 4.88. The van der Waals surface area contributed by atoms with Crippen molar-refractivity contribution in [2.45, 2.75) is 11.8 Å². The van der Waals surface area contributed by atoms with Gasteiger partial charge in [-0.1, -0.05) is 29.8 Å². The van der Waals surface area contributed by atoms with E-state index in [-0.39, 0.29) is 30.4 Å². The lowest BCUT2D eigenvalue weighted by Crippen LogP contribution is -2.43. The lowest BCUT2D eigenvalue weighted by molar-refractivity contribution is -0.122. The summed E-state index contributed by atoms with van der Waals surface area (Å²) in [4.78, 5) is 32.0. The molecule has 0 radical (unpaired) electrons. The first-order valence-corrected chi connectivity index (χ1v) is 11.3. The lowest BCUT2D eigenvalue weighted by Gasteiger charge is -2.23. The fraction of sp³-hybridized carbons (Fsp3) is 0.240. The van der Waals surface area contributed by atoms with Crippen molar-refractivity contribution in [2.24, 2.45) is 0 Å². The number of aromatic nitrogens is 1. The van der Waals surface area contributed by atoms with E-state index in [9.17, 15) is 9.59 Å². The zero-order chi connectivity index (χ0) is 23.3. The van der Waals surface area contributed by atoms with Crippen molar-refractivity contribution >= 4 is 29.1 Å². The third-order valence-corrected chi connectivity index (χ3v) is 6.79. The van der Waals surface area contributed by atoms with Crippen molar-refractivity contribution in [3.8, 4) is 17.2 Å². The van der Waals surface area contributed by atoms with Gasteiger partial charge in [0.1, 0.15) is 22.9 Å². The molecular formula is C25H20ClN3O5. The van der Waals surface area contributed by atoms with Crippen molar-refractivity contribution in [3.63, 3.8) is 0 Å². The van der Waals surface area contributed by atoms with Crippen LogP contribution >= 0.6 is 11.6 Å². The van der Waals surface area contributed by atoms with E-state index < -0.39 is 5.41 Å². The molecule has 1 atom stereocenters. The number of amides is 2. The molecule has 8 nitrogen and oxygen atoms in total. The molecule has 3 aliphatic heterocycles. The largest absolute Gasteiger partial charge is 0.491 e. The first-order chi connectivity index (χ1) is 16.6. The van der Waals surface area contributed by atoms with Gasteiger partial charge in [-0.05, 0) is 36.2 Å². The molecule has 0 aliphatic carbocycles. The number of nitrogens with one attached hydrogen (secondary N) is 1. The Kier molecular flexibility index (Phi) is 4.84. The van der Waals surface area contributed by atoms with Crippen LogP contribution in [0.3, 0.4) is 0 Å². The van der Waals surface area contributed by atoms with Crippen LogP contribution in [-0.2, 0) is 10.2 Å². The van der Waals surface area contributed by atoms with Gasteiger partial charge in [-0.2, -0.15) is 0 Å². The Balaban J connectivity index is 1.23. The summed E-state index contributed by atoms with van der Waals surface area (Å²) in [6, 6.07) is 14.7. The smallest absolute Gasteiger partial charge is 0.254 e. The monoisotopic (exact) mass is 477 g/mol. The number of hydrogen-bond donors (Lipinski definition) is 1. The number of pyridine rings is 1. The minimum absolute atomic E-state index is 0.0482. The minimum atomic E-state index is -0.931. The highest BCUT2D eigenvalue weighted by Gasteiger charge is 2.57. The number of benzene rings is 2. The molecule has 3 aromatic rings. The molecule has 2 aromatic carbocycles. The summed E-state index contributed by atoms with van der Waals surface area (Å²) in [6.45, 7) is 1.19. The maximum atomic E-state index is 13.9. The molecule has 0 bridgehead atoms. The number of anilines is 1. The standard InChI is InChI=1S/C25H20ClN3O5/c26-22-15(5-3-8-27-22)23(30)28-9-4-10-29-18-7-2-1-6-16(18)25(24(29)31)13-32-19-12-21-20(11-17(19)25)33-14-34-21/h1-3,5-8,11-12H,4,9-10,13-14H2,(H,28,30). The molecule has 1 unspecified atom stereocenters. The van der Waals surface area contributed by atoms with E-state index in [1.807, 2.05) is 30.3 Å². The second-order valence-electron chi connectivity index (χ2n) is 8.32. The van der Waals surface area contributed by atoms with Crippen LogP contribution < -0.4 is 24.4 Å². The Hall–Kier alpha value is -3.78. The first kappa shape index (κ1) is 20.8. The quantitative estimate of drug-likeness (QED) is 0.448. The van der Waals surface area contributed by atoms with E-state index in [0.717, 1.165) is 16.8 Å². The number of para-hydroxylation sites is 1. The zero-order valence-electron chi connectivity index (χ0n) is 18.0. The van der Waals surface area contributed by atoms with Gasteiger partial charge in [0.05, 0.1) is 5.56 Å². The van der Waals surface area contributed by atoms with Gasteiger partial charge in [-0.3, -0.25) is 9.59 Å². The van der Waals surface area contributed by atoms with Crippen LogP contribution in [0.2, 0.25) is 5.15 Å². The van der Waals surface area contributed by atoms with Crippen LogP contribution in [0.1, 0.15) is 27.9 Å². The average molecular weight is 478 g/mol. The summed E-state index contributed by atoms with van der Waals surface area (Å²) in [5.74, 6) is 1.53. The molecule has 1 aromatic heterocycles. The van der Waals surface area contributed by atoms with Gasteiger partial charge in [0.15, 0.2) is 11.5 Å². The van der Waals surface area contributed by atoms with Crippen LogP contribution in [0.5, 0.6) is 17.2 Å². The highest BCUT2D eigenvalue weighted by Crippen LogP contribution is 2.54. The van der Waals surface area contributed by atoms with E-state index in [0.29, 0.717) is 42.3 Å². The number of carbonyl (C=O) groups excluding carboxylic acids is 2. The van der Waals surface area contributed by atoms with Gasteiger partial charge in [-0.15, -0.1) is 0 Å². The maximum Gasteiger partial charge on any atom is 0.254 e. The fourth-order valence-corrected chi connectivity index (χ4v) is 5.08. The molecule has 1 spiro atoms. The Bertz CT molecular complexity index is 1330. The summed E-state index contributed by atoms with van der Waals surface area (Å²) in [7, 11) is 0. The van der Waals surface area contributed by atoms with Gasteiger partial charge in [0, 0.05) is 36.6 Å². The number of nitrogens with zero attached hydrogens (tertiary/aromatic N) is 2. The molecule has 9 heteroatoms. The molecule has 2 amide bonds. The Morgan fingerprint density at radius 3 is 2.74 bits per heavy atom. The predicted molar refractivity (Wildman–Crippen MR) is 124 cm³/mol. The van der Waals surface area contributed by atoms with Gasteiger partial charge < -0.3 is 24.4 Å². The molecule has 34 heavy (non-hydrogen) atoms. The Morgan fingerprint density at radius 2 is 1.88 bits per heavy atom. The van der Waals surface area contributed by atoms with Gasteiger partial charge in [0.2, 0.25) is 12.7 Å². The molecule has 0 saturated carbocycles. The molecular weight excluding hydrogens is 458 g/mol. The maximum absolute atomic E-state index is 13.9. The second kappa shape index (κ2) is 7.92. The van der Waals surface area contributed by atoms with Crippen molar-refractivity contribution in [3.05, 3.63) is 76.6 Å². The summed E-state index contributed by atoms with van der Waals surface area (Å²) < 4.78 is 17.0. The Morgan fingerprint density at radius 1 is 1.06 bits per heavy atom. The summed E-state index contributed by atoms with van der Waals surface area (Å²) in [6.07, 6.45) is 2.10.